The van der Waals surface area contributed by atoms with Gasteiger partial charge in [0.2, 0.25) is 0 Å². The van der Waals surface area contributed by atoms with Gasteiger partial charge in [0.05, 0.1) is 29.6 Å². The summed E-state index contributed by atoms with van der Waals surface area (Å²) in [5.41, 5.74) is 2.31. The number of nitrogens with one attached hydrogen (secondary N) is 1. The molecule has 1 saturated carbocycles. The molecule has 0 atom stereocenters. The number of ether oxygens (including phenoxy) is 1. The summed E-state index contributed by atoms with van der Waals surface area (Å²) >= 11 is 5.98. The third kappa shape index (κ3) is 4.27. The molecule has 0 bridgehead atoms. The van der Waals surface area contributed by atoms with Crippen molar-refractivity contribution >= 4 is 28.7 Å². The van der Waals surface area contributed by atoms with Crippen molar-refractivity contribution in [2.45, 2.75) is 45.2 Å². The van der Waals surface area contributed by atoms with Crippen LogP contribution in [0.4, 0.5) is 0 Å². The molecule has 164 valence electrons. The summed E-state index contributed by atoms with van der Waals surface area (Å²) in [5, 5.41) is 3.55. The van der Waals surface area contributed by atoms with Crippen LogP contribution in [0, 0.1) is 12.8 Å². The maximum Gasteiger partial charge on any atom is 0.330 e. The van der Waals surface area contributed by atoms with Crippen molar-refractivity contribution in [3.05, 3.63) is 45.2 Å². The molecule has 1 fully saturated rings. The number of imidazole rings is 1. The maximum atomic E-state index is 12.7. The van der Waals surface area contributed by atoms with Gasteiger partial charge in [-0.15, -0.1) is 0 Å². The minimum Gasteiger partial charge on any atom is -0.467 e. The number of hydrogen-bond acceptors (Lipinski definition) is 6. The molecule has 0 aliphatic heterocycles. The van der Waals surface area contributed by atoms with Crippen LogP contribution < -0.4 is 15.7 Å². The lowest BCUT2D eigenvalue weighted by Crippen LogP contribution is -2.39. The molecule has 9 nitrogen and oxygen atoms in total. The Bertz CT molecular complexity index is 1180. The van der Waals surface area contributed by atoms with E-state index < -0.39 is 0 Å². The molecule has 3 heterocycles. The second-order valence-corrected chi connectivity index (χ2v) is 8.43. The number of aromatic nitrogens is 5. The number of halogens is 1. The number of fused-ring (bicyclic) bond motifs is 1. The number of aryl methyl sites for hydroxylation is 2. The van der Waals surface area contributed by atoms with E-state index in [9.17, 15) is 9.59 Å². The summed E-state index contributed by atoms with van der Waals surface area (Å²) in [4.78, 5) is 38.0. The van der Waals surface area contributed by atoms with Crippen LogP contribution in [0.15, 0.2) is 23.3 Å². The monoisotopic (exact) mass is 444 g/mol. The summed E-state index contributed by atoms with van der Waals surface area (Å²) in [7, 11) is 3.20. The number of nitrogens with zero attached hydrogens (tertiary/aromatic N) is 5. The van der Waals surface area contributed by atoms with Crippen LogP contribution in [0.1, 0.15) is 41.7 Å². The summed E-state index contributed by atoms with van der Waals surface area (Å²) in [6.07, 6.45) is 6.71. The summed E-state index contributed by atoms with van der Waals surface area (Å²) in [6, 6.07) is 1.98. The molecule has 0 radical (unpaired) electrons. The van der Waals surface area contributed by atoms with Gasteiger partial charge in [-0.3, -0.25) is 18.9 Å². The zero-order valence-electron chi connectivity index (χ0n) is 17.8. The number of methoxy groups -OCH3 is 1. The van der Waals surface area contributed by atoms with Crippen molar-refractivity contribution in [1.82, 2.24) is 29.4 Å². The predicted octanol–water partition coefficient (Wildman–Crippen LogP) is 2.48. The van der Waals surface area contributed by atoms with Crippen LogP contribution in [0.5, 0.6) is 6.01 Å². The van der Waals surface area contributed by atoms with Gasteiger partial charge >= 0.3 is 11.7 Å². The van der Waals surface area contributed by atoms with Crippen LogP contribution >= 0.6 is 11.6 Å². The number of amides is 1. The molecule has 1 aliphatic rings. The molecule has 0 unspecified atom stereocenters. The molecular formula is C21H25ClN6O3. The molecule has 0 spiro atoms. The Hall–Kier alpha value is -2.94. The SMILES string of the molecule is COc1ncc2c(n1)n(C)c(=O)n2C[C@H]1CC[C@H](NC(=O)c2cc(Cl)cnc2C)CC1. The van der Waals surface area contributed by atoms with Gasteiger partial charge in [-0.1, -0.05) is 11.6 Å². The fourth-order valence-electron chi connectivity index (χ4n) is 4.19. The summed E-state index contributed by atoms with van der Waals surface area (Å²) in [6.45, 7) is 2.40. The number of carbonyl (C=O) groups is 1. The molecule has 0 aromatic carbocycles. The fourth-order valence-corrected chi connectivity index (χ4v) is 4.34. The van der Waals surface area contributed by atoms with E-state index in [1.807, 2.05) is 0 Å². The third-order valence-electron chi connectivity index (χ3n) is 5.96. The summed E-state index contributed by atoms with van der Waals surface area (Å²) in [5.74, 6) is 0.195. The second kappa shape index (κ2) is 8.66. The number of pyridine rings is 1. The Labute approximate surface area is 184 Å². The van der Waals surface area contributed by atoms with Crippen LogP contribution in [-0.4, -0.2) is 43.1 Å². The third-order valence-corrected chi connectivity index (χ3v) is 6.16. The number of hydrogen-bond donors (Lipinski definition) is 1. The molecule has 1 aliphatic carbocycles. The molecular weight excluding hydrogens is 420 g/mol. The van der Waals surface area contributed by atoms with Crippen molar-refractivity contribution in [2.24, 2.45) is 13.0 Å². The van der Waals surface area contributed by atoms with Crippen molar-refractivity contribution in [2.75, 3.05) is 7.11 Å². The van der Waals surface area contributed by atoms with E-state index in [4.69, 9.17) is 16.3 Å². The fraction of sp³-hybridized carbons (Fsp3) is 0.476. The van der Waals surface area contributed by atoms with Gasteiger partial charge < -0.3 is 10.1 Å². The maximum absolute atomic E-state index is 12.7. The molecule has 31 heavy (non-hydrogen) atoms. The zero-order valence-corrected chi connectivity index (χ0v) is 18.5. The number of carbonyl (C=O) groups excluding carboxylic acids is 1. The molecule has 3 aromatic rings. The Balaban J connectivity index is 1.41. The minimum absolute atomic E-state index is 0.0963. The Kier molecular flexibility index (Phi) is 5.95. The normalized spacial score (nSPS) is 18.8. The van der Waals surface area contributed by atoms with Crippen LogP contribution in [0.25, 0.3) is 11.2 Å². The van der Waals surface area contributed by atoms with Crippen molar-refractivity contribution in [3.63, 3.8) is 0 Å². The molecule has 3 aromatic heterocycles. The quantitative estimate of drug-likeness (QED) is 0.648. The van der Waals surface area contributed by atoms with E-state index in [2.05, 4.69) is 20.3 Å². The van der Waals surface area contributed by atoms with E-state index in [-0.39, 0.29) is 23.6 Å². The van der Waals surface area contributed by atoms with Gasteiger partial charge in [0.1, 0.15) is 5.52 Å². The predicted molar refractivity (Wildman–Crippen MR) is 117 cm³/mol. The highest BCUT2D eigenvalue weighted by Gasteiger charge is 2.25. The van der Waals surface area contributed by atoms with E-state index in [0.29, 0.717) is 39.9 Å². The molecule has 1 N–H and O–H groups in total. The largest absolute Gasteiger partial charge is 0.467 e. The van der Waals surface area contributed by atoms with Gasteiger partial charge in [-0.2, -0.15) is 4.98 Å². The Morgan fingerprint density at radius 1 is 1.26 bits per heavy atom. The van der Waals surface area contributed by atoms with E-state index in [0.717, 1.165) is 25.7 Å². The van der Waals surface area contributed by atoms with Gasteiger partial charge in [0.25, 0.3) is 5.91 Å². The van der Waals surface area contributed by atoms with Crippen LogP contribution in [0.3, 0.4) is 0 Å². The number of rotatable bonds is 5. The average molecular weight is 445 g/mol. The second-order valence-electron chi connectivity index (χ2n) is 8.00. The first-order chi connectivity index (χ1) is 14.9. The van der Waals surface area contributed by atoms with Crippen LogP contribution in [-0.2, 0) is 13.6 Å². The Morgan fingerprint density at radius 2 is 2.00 bits per heavy atom. The highest BCUT2D eigenvalue weighted by molar-refractivity contribution is 6.30. The van der Waals surface area contributed by atoms with Crippen molar-refractivity contribution < 1.29 is 9.53 Å². The van der Waals surface area contributed by atoms with Gasteiger partial charge in [0, 0.05) is 25.8 Å². The topological polar surface area (TPSA) is 104 Å². The minimum atomic E-state index is -0.146. The molecule has 0 saturated heterocycles. The zero-order chi connectivity index (χ0) is 22.1. The molecule has 10 heteroatoms. The van der Waals surface area contributed by atoms with Crippen molar-refractivity contribution in [1.29, 1.82) is 0 Å². The van der Waals surface area contributed by atoms with E-state index >= 15 is 0 Å². The standard InChI is InChI=1S/C21H25ClN6O3/c1-12-16(8-14(22)9-23-12)19(29)25-15-6-4-13(5-7-15)11-28-17-10-24-20(31-3)26-18(17)27(2)21(28)30/h8-10,13,15H,4-7,11H2,1-3H3,(H,25,29)/t13-,15-. The first-order valence-corrected chi connectivity index (χ1v) is 10.6. The smallest absolute Gasteiger partial charge is 0.330 e. The lowest BCUT2D eigenvalue weighted by atomic mass is 9.85. The average Bonchev–Trinajstić information content (AvgIpc) is 3.01. The first-order valence-electron chi connectivity index (χ1n) is 10.3. The van der Waals surface area contributed by atoms with E-state index in [1.165, 1.54) is 17.9 Å². The lowest BCUT2D eigenvalue weighted by molar-refractivity contribution is 0.0919. The lowest BCUT2D eigenvalue weighted by Gasteiger charge is -2.29. The van der Waals surface area contributed by atoms with Crippen molar-refractivity contribution in [3.8, 4) is 6.01 Å². The van der Waals surface area contributed by atoms with E-state index in [1.54, 1.807) is 30.8 Å². The van der Waals surface area contributed by atoms with Gasteiger partial charge in [0.15, 0.2) is 5.65 Å². The first kappa shape index (κ1) is 21.3. The van der Waals surface area contributed by atoms with Gasteiger partial charge in [-0.25, -0.2) is 9.78 Å². The molecule has 4 rings (SSSR count). The van der Waals surface area contributed by atoms with Gasteiger partial charge in [-0.05, 0) is 44.6 Å². The van der Waals surface area contributed by atoms with Crippen LogP contribution in [0.2, 0.25) is 5.02 Å². The highest BCUT2D eigenvalue weighted by Crippen LogP contribution is 2.27. The Morgan fingerprint density at radius 3 is 2.71 bits per heavy atom. The summed E-state index contributed by atoms with van der Waals surface area (Å²) < 4.78 is 8.33. The molecule has 1 amide bonds. The highest BCUT2D eigenvalue weighted by atomic mass is 35.5.